The Morgan fingerprint density at radius 2 is 2.03 bits per heavy atom. The quantitative estimate of drug-likeness (QED) is 0.408. The maximum absolute atomic E-state index is 12.6. The number of nitrogens with zero attached hydrogens (tertiary/aromatic N) is 3. The molecule has 0 aliphatic heterocycles. The number of methoxy groups -OCH3 is 1. The minimum absolute atomic E-state index is 0.189. The fraction of sp³-hybridized carbons (Fsp3) is 0.217. The average Bonchev–Trinajstić information content (AvgIpc) is 2.79. The Bertz CT molecular complexity index is 1220. The van der Waals surface area contributed by atoms with Crippen LogP contribution in [0.15, 0.2) is 53.3 Å². The lowest BCUT2D eigenvalue weighted by Gasteiger charge is -2.10. The maximum atomic E-state index is 12.6. The standard InChI is InChI=1S/C23H21N3O5/c1-3-30-19-10-8-16(14-20(19)29-2)9-11-22(27)31-15-21-25-18-7-5-4-6-17(18)23(28)26(21)13-12-24/h4-11,14H,3,13,15H2,1-2H3/b11-9+. The van der Waals surface area contributed by atoms with Crippen molar-refractivity contribution < 1.29 is 19.0 Å². The van der Waals surface area contributed by atoms with Gasteiger partial charge < -0.3 is 14.2 Å². The smallest absolute Gasteiger partial charge is 0.331 e. The zero-order valence-corrected chi connectivity index (χ0v) is 17.2. The number of carbonyl (C=O) groups excluding carboxylic acids is 1. The zero-order valence-electron chi connectivity index (χ0n) is 17.2. The highest BCUT2D eigenvalue weighted by Gasteiger charge is 2.12. The molecule has 3 aromatic rings. The van der Waals surface area contributed by atoms with Gasteiger partial charge in [-0.3, -0.25) is 9.36 Å². The summed E-state index contributed by atoms with van der Waals surface area (Å²) < 4.78 is 17.2. The van der Waals surface area contributed by atoms with Crippen LogP contribution >= 0.6 is 0 Å². The van der Waals surface area contributed by atoms with E-state index in [9.17, 15) is 9.59 Å². The average molecular weight is 419 g/mol. The van der Waals surface area contributed by atoms with Crippen molar-refractivity contribution in [2.45, 2.75) is 20.1 Å². The third kappa shape index (κ3) is 5.08. The highest BCUT2D eigenvalue weighted by molar-refractivity contribution is 5.87. The van der Waals surface area contributed by atoms with E-state index in [-0.39, 0.29) is 24.5 Å². The first-order chi connectivity index (χ1) is 15.1. The Labute approximate surface area is 178 Å². The van der Waals surface area contributed by atoms with Gasteiger partial charge in [0.1, 0.15) is 13.2 Å². The predicted molar refractivity (Wildman–Crippen MR) is 115 cm³/mol. The molecule has 0 aliphatic rings. The molecule has 0 saturated carbocycles. The van der Waals surface area contributed by atoms with Gasteiger partial charge in [0, 0.05) is 6.08 Å². The van der Waals surface area contributed by atoms with E-state index in [4.69, 9.17) is 19.5 Å². The number of benzene rings is 2. The number of fused-ring (bicyclic) bond motifs is 1. The summed E-state index contributed by atoms with van der Waals surface area (Å²) in [6, 6.07) is 14.0. The van der Waals surface area contributed by atoms with Gasteiger partial charge in [0.2, 0.25) is 0 Å². The number of hydrogen-bond acceptors (Lipinski definition) is 7. The fourth-order valence-electron chi connectivity index (χ4n) is 2.97. The molecule has 1 heterocycles. The number of hydrogen-bond donors (Lipinski definition) is 0. The molecule has 0 aliphatic carbocycles. The van der Waals surface area contributed by atoms with Crippen molar-refractivity contribution in [3.8, 4) is 17.6 Å². The molecule has 8 nitrogen and oxygen atoms in total. The molecule has 158 valence electrons. The molecule has 2 aromatic carbocycles. The van der Waals surface area contributed by atoms with Gasteiger partial charge in [0.15, 0.2) is 17.3 Å². The third-order valence-electron chi connectivity index (χ3n) is 4.41. The van der Waals surface area contributed by atoms with Crippen molar-refractivity contribution in [2.75, 3.05) is 13.7 Å². The number of carbonyl (C=O) groups is 1. The molecule has 0 atom stereocenters. The summed E-state index contributed by atoms with van der Waals surface area (Å²) >= 11 is 0. The van der Waals surface area contributed by atoms with Gasteiger partial charge >= 0.3 is 5.97 Å². The molecule has 0 spiro atoms. The number of ether oxygens (including phenoxy) is 3. The number of para-hydroxylation sites is 1. The topological polar surface area (TPSA) is 103 Å². The maximum Gasteiger partial charge on any atom is 0.331 e. The van der Waals surface area contributed by atoms with Crippen LogP contribution < -0.4 is 15.0 Å². The van der Waals surface area contributed by atoms with Crippen molar-refractivity contribution in [2.24, 2.45) is 0 Å². The Balaban J connectivity index is 1.75. The fourth-order valence-corrected chi connectivity index (χ4v) is 2.97. The first kappa shape index (κ1) is 21.6. The molecule has 0 radical (unpaired) electrons. The molecule has 31 heavy (non-hydrogen) atoms. The van der Waals surface area contributed by atoms with E-state index in [1.807, 2.05) is 13.0 Å². The Kier molecular flexibility index (Phi) is 7.01. The Hall–Kier alpha value is -4.12. The summed E-state index contributed by atoms with van der Waals surface area (Å²) in [6.45, 7) is 1.96. The summed E-state index contributed by atoms with van der Waals surface area (Å²) in [5.41, 5.74) is 0.850. The summed E-state index contributed by atoms with van der Waals surface area (Å²) in [4.78, 5) is 29.2. The largest absolute Gasteiger partial charge is 0.493 e. The molecule has 0 amide bonds. The predicted octanol–water partition coefficient (Wildman–Crippen LogP) is 3.08. The molecular formula is C23H21N3O5. The van der Waals surface area contributed by atoms with Crippen LogP contribution in [0.2, 0.25) is 0 Å². The Morgan fingerprint density at radius 1 is 1.23 bits per heavy atom. The van der Waals surface area contributed by atoms with Crippen LogP contribution in [0.1, 0.15) is 18.3 Å². The lowest BCUT2D eigenvalue weighted by Crippen LogP contribution is -2.26. The van der Waals surface area contributed by atoms with Crippen LogP contribution in [-0.2, 0) is 22.7 Å². The van der Waals surface area contributed by atoms with Crippen molar-refractivity contribution in [3.05, 3.63) is 70.3 Å². The summed E-state index contributed by atoms with van der Waals surface area (Å²) in [6.07, 6.45) is 2.85. The molecule has 1 aromatic heterocycles. The van der Waals surface area contributed by atoms with Gasteiger partial charge in [0.25, 0.3) is 5.56 Å². The van der Waals surface area contributed by atoms with Gasteiger partial charge in [-0.05, 0) is 42.8 Å². The highest BCUT2D eigenvalue weighted by Crippen LogP contribution is 2.28. The van der Waals surface area contributed by atoms with Crippen LogP contribution in [0, 0.1) is 11.3 Å². The summed E-state index contributed by atoms with van der Waals surface area (Å²) in [5, 5.41) is 9.45. The molecule has 0 unspecified atom stereocenters. The number of aromatic nitrogens is 2. The normalized spacial score (nSPS) is 10.7. The van der Waals surface area contributed by atoms with Gasteiger partial charge in [-0.1, -0.05) is 18.2 Å². The molecule has 0 saturated heterocycles. The number of rotatable bonds is 8. The molecule has 8 heteroatoms. The van der Waals surface area contributed by atoms with E-state index in [1.165, 1.54) is 17.8 Å². The van der Waals surface area contributed by atoms with Crippen molar-refractivity contribution in [3.63, 3.8) is 0 Å². The van der Waals surface area contributed by atoms with E-state index < -0.39 is 5.97 Å². The minimum atomic E-state index is -0.612. The molecular weight excluding hydrogens is 398 g/mol. The second kappa shape index (κ2) is 10.1. The van der Waals surface area contributed by atoms with E-state index >= 15 is 0 Å². The van der Waals surface area contributed by atoms with Crippen LogP contribution in [0.25, 0.3) is 17.0 Å². The summed E-state index contributed by atoms with van der Waals surface area (Å²) in [7, 11) is 1.54. The highest BCUT2D eigenvalue weighted by atomic mass is 16.5. The second-order valence-corrected chi connectivity index (χ2v) is 6.38. The molecule has 0 N–H and O–H groups in total. The van der Waals surface area contributed by atoms with Crippen molar-refractivity contribution >= 4 is 22.9 Å². The number of nitriles is 1. The SMILES string of the molecule is CCOc1ccc(/C=C/C(=O)OCc2nc3ccccc3c(=O)n2CC#N)cc1OC. The van der Waals surface area contributed by atoms with Gasteiger partial charge in [-0.15, -0.1) is 0 Å². The van der Waals surface area contributed by atoms with Crippen LogP contribution in [0.3, 0.4) is 0 Å². The third-order valence-corrected chi connectivity index (χ3v) is 4.41. The van der Waals surface area contributed by atoms with E-state index in [0.717, 1.165) is 5.56 Å². The molecule has 3 rings (SSSR count). The number of esters is 1. The lowest BCUT2D eigenvalue weighted by atomic mass is 10.2. The first-order valence-electron chi connectivity index (χ1n) is 9.58. The van der Waals surface area contributed by atoms with E-state index in [1.54, 1.807) is 48.5 Å². The van der Waals surface area contributed by atoms with Crippen LogP contribution in [0.5, 0.6) is 11.5 Å². The van der Waals surface area contributed by atoms with Crippen molar-refractivity contribution in [1.29, 1.82) is 5.26 Å². The zero-order chi connectivity index (χ0) is 22.2. The monoisotopic (exact) mass is 419 g/mol. The van der Waals surface area contributed by atoms with Gasteiger partial charge in [0.05, 0.1) is 30.7 Å². The summed E-state index contributed by atoms with van der Waals surface area (Å²) in [5.74, 6) is 0.759. The molecule has 0 fully saturated rings. The molecule has 0 bridgehead atoms. The van der Waals surface area contributed by atoms with Gasteiger partial charge in [-0.2, -0.15) is 5.26 Å². The van der Waals surface area contributed by atoms with E-state index in [0.29, 0.717) is 29.0 Å². The van der Waals surface area contributed by atoms with Crippen LogP contribution in [0.4, 0.5) is 0 Å². The van der Waals surface area contributed by atoms with Gasteiger partial charge in [-0.25, -0.2) is 9.78 Å². The second-order valence-electron chi connectivity index (χ2n) is 6.38. The first-order valence-corrected chi connectivity index (χ1v) is 9.58. The Morgan fingerprint density at radius 3 is 2.77 bits per heavy atom. The van der Waals surface area contributed by atoms with E-state index in [2.05, 4.69) is 4.98 Å². The van der Waals surface area contributed by atoms with Crippen molar-refractivity contribution in [1.82, 2.24) is 9.55 Å². The minimum Gasteiger partial charge on any atom is -0.493 e. The lowest BCUT2D eigenvalue weighted by molar-refractivity contribution is -0.139. The van der Waals surface area contributed by atoms with Crippen LogP contribution in [-0.4, -0.2) is 29.2 Å².